The minimum atomic E-state index is -0.604. The molecule has 0 fully saturated rings. The average molecular weight is 399 g/mol. The van der Waals surface area contributed by atoms with Crippen LogP contribution in [0.4, 0.5) is 10.1 Å². The van der Waals surface area contributed by atoms with Crippen LogP contribution < -0.4 is 5.32 Å². The van der Waals surface area contributed by atoms with E-state index in [-0.39, 0.29) is 18.0 Å². The number of aryl methyl sites for hydroxylation is 1. The van der Waals surface area contributed by atoms with Crippen LogP contribution in [-0.4, -0.2) is 36.1 Å². The van der Waals surface area contributed by atoms with Gasteiger partial charge in [-0.15, -0.1) is 0 Å². The van der Waals surface area contributed by atoms with Crippen molar-refractivity contribution >= 4 is 22.5 Å². The van der Waals surface area contributed by atoms with Gasteiger partial charge in [-0.25, -0.2) is 4.39 Å². The highest BCUT2D eigenvalue weighted by molar-refractivity contribution is 5.87. The molecule has 0 saturated heterocycles. The number of carbonyl (C=O) groups excluding carboxylic acids is 1. The molecule has 0 unspecified atom stereocenters. The fourth-order valence-electron chi connectivity index (χ4n) is 3.40. The number of aromatic nitrogens is 1. The number of halogens is 1. The molecule has 7 nitrogen and oxygen atoms in total. The molecule has 3 aromatic rings. The Kier molecular flexibility index (Phi) is 6.23. The lowest BCUT2D eigenvalue weighted by Crippen LogP contribution is -2.28. The van der Waals surface area contributed by atoms with E-state index in [9.17, 15) is 19.3 Å². The van der Waals surface area contributed by atoms with E-state index < -0.39 is 16.7 Å². The molecular weight excluding hydrogens is 377 g/mol. The number of nitro benzene ring substituents is 1. The van der Waals surface area contributed by atoms with E-state index >= 15 is 0 Å². The van der Waals surface area contributed by atoms with Gasteiger partial charge in [0.1, 0.15) is 5.82 Å². The molecule has 1 aromatic heterocycles. The number of non-ortho nitro benzene ring substituents is 1. The number of benzene rings is 2. The van der Waals surface area contributed by atoms with Gasteiger partial charge < -0.3 is 15.0 Å². The first kappa shape index (κ1) is 20.5. The van der Waals surface area contributed by atoms with Crippen molar-refractivity contribution in [1.29, 1.82) is 0 Å². The first-order valence-electron chi connectivity index (χ1n) is 9.17. The summed E-state index contributed by atoms with van der Waals surface area (Å²) >= 11 is 0. The van der Waals surface area contributed by atoms with Crippen molar-refractivity contribution < 1.29 is 18.8 Å². The molecule has 1 heterocycles. The maximum atomic E-state index is 14.7. The normalized spacial score (nSPS) is 12.1. The summed E-state index contributed by atoms with van der Waals surface area (Å²) < 4.78 is 19.6. The highest BCUT2D eigenvalue weighted by Crippen LogP contribution is 2.36. The molecule has 3 rings (SSSR count). The van der Waals surface area contributed by atoms with Crippen LogP contribution in [0, 0.1) is 22.9 Å². The SMILES string of the molecule is COCCNC(=O)C[C@H](c1cc(C)ccc1F)c1c[nH]c2ccc([N+](=O)[O-])cc12. The number of methoxy groups -OCH3 is 1. The summed E-state index contributed by atoms with van der Waals surface area (Å²) in [7, 11) is 1.54. The number of nitrogens with zero attached hydrogens (tertiary/aromatic N) is 1. The summed E-state index contributed by atoms with van der Waals surface area (Å²) in [6.07, 6.45) is 1.68. The van der Waals surface area contributed by atoms with E-state index in [1.165, 1.54) is 25.3 Å². The van der Waals surface area contributed by atoms with Gasteiger partial charge in [-0.05, 0) is 30.2 Å². The van der Waals surface area contributed by atoms with Gasteiger partial charge >= 0.3 is 0 Å². The van der Waals surface area contributed by atoms with Gasteiger partial charge in [0, 0.05) is 55.2 Å². The molecule has 1 amide bonds. The molecule has 0 aliphatic rings. The summed E-state index contributed by atoms with van der Waals surface area (Å²) in [5.41, 5.74) is 2.49. The lowest BCUT2D eigenvalue weighted by atomic mass is 9.86. The van der Waals surface area contributed by atoms with Crippen LogP contribution in [0.15, 0.2) is 42.6 Å². The van der Waals surface area contributed by atoms with Crippen LogP contribution in [0.2, 0.25) is 0 Å². The first-order valence-corrected chi connectivity index (χ1v) is 9.17. The maximum absolute atomic E-state index is 14.7. The number of rotatable bonds is 8. The van der Waals surface area contributed by atoms with Gasteiger partial charge in [0.2, 0.25) is 5.91 Å². The van der Waals surface area contributed by atoms with E-state index in [0.29, 0.717) is 35.2 Å². The summed E-state index contributed by atoms with van der Waals surface area (Å²) in [5, 5.41) is 14.5. The minimum Gasteiger partial charge on any atom is -0.383 e. The van der Waals surface area contributed by atoms with E-state index in [4.69, 9.17) is 4.74 Å². The molecule has 0 spiro atoms. The second-order valence-electron chi connectivity index (χ2n) is 6.86. The zero-order chi connectivity index (χ0) is 21.0. The van der Waals surface area contributed by atoms with Crippen molar-refractivity contribution in [2.24, 2.45) is 0 Å². The van der Waals surface area contributed by atoms with Crippen LogP contribution >= 0.6 is 0 Å². The molecular formula is C21H22FN3O4. The van der Waals surface area contributed by atoms with E-state index in [2.05, 4.69) is 10.3 Å². The van der Waals surface area contributed by atoms with Gasteiger partial charge in [0.25, 0.3) is 5.69 Å². The molecule has 29 heavy (non-hydrogen) atoms. The topological polar surface area (TPSA) is 97.3 Å². The number of H-pyrrole nitrogens is 1. The molecule has 0 aliphatic heterocycles. The maximum Gasteiger partial charge on any atom is 0.270 e. The fourth-order valence-corrected chi connectivity index (χ4v) is 3.40. The number of hydrogen-bond acceptors (Lipinski definition) is 4. The number of carbonyl (C=O) groups is 1. The van der Waals surface area contributed by atoms with Gasteiger partial charge in [-0.3, -0.25) is 14.9 Å². The van der Waals surface area contributed by atoms with Gasteiger partial charge in [-0.1, -0.05) is 17.7 Å². The first-order chi connectivity index (χ1) is 13.9. The Morgan fingerprint density at radius 2 is 2.07 bits per heavy atom. The number of nitro groups is 1. The minimum absolute atomic E-state index is 0.000265. The second-order valence-corrected chi connectivity index (χ2v) is 6.86. The molecule has 0 radical (unpaired) electrons. The van der Waals surface area contributed by atoms with Gasteiger partial charge in [0.15, 0.2) is 0 Å². The summed E-state index contributed by atoms with van der Waals surface area (Å²) in [5.74, 6) is -1.29. The second kappa shape index (κ2) is 8.83. The Morgan fingerprint density at radius 3 is 2.79 bits per heavy atom. The number of ether oxygens (including phenoxy) is 1. The van der Waals surface area contributed by atoms with Crippen LogP contribution in [0.3, 0.4) is 0 Å². The van der Waals surface area contributed by atoms with Crippen LogP contribution in [0.1, 0.15) is 29.0 Å². The van der Waals surface area contributed by atoms with Crippen molar-refractivity contribution in [2.45, 2.75) is 19.3 Å². The fraction of sp³-hybridized carbons (Fsp3) is 0.286. The standard InChI is InChI=1S/C21H22FN3O4/c1-13-3-5-19(22)16(9-13)15(11-21(26)23-7-8-29-2)18-12-24-20-6-4-14(25(27)28)10-17(18)20/h3-6,9-10,12,15,24H,7-8,11H2,1-2H3,(H,23,26)/t15-/m1/s1. The zero-order valence-corrected chi connectivity index (χ0v) is 16.2. The van der Waals surface area contributed by atoms with E-state index in [1.54, 1.807) is 24.4 Å². The Morgan fingerprint density at radius 1 is 1.28 bits per heavy atom. The third kappa shape index (κ3) is 4.60. The predicted octanol–water partition coefficient (Wildman–Crippen LogP) is 3.81. The van der Waals surface area contributed by atoms with Crippen LogP contribution in [0.5, 0.6) is 0 Å². The van der Waals surface area contributed by atoms with E-state index in [1.807, 2.05) is 6.92 Å². The smallest absolute Gasteiger partial charge is 0.270 e. The van der Waals surface area contributed by atoms with Gasteiger partial charge in [0.05, 0.1) is 11.5 Å². The molecule has 2 N–H and O–H groups in total. The lowest BCUT2D eigenvalue weighted by Gasteiger charge is -2.18. The van der Waals surface area contributed by atoms with Crippen molar-refractivity contribution in [3.8, 4) is 0 Å². The molecule has 0 bridgehead atoms. The van der Waals surface area contributed by atoms with Crippen molar-refractivity contribution in [1.82, 2.24) is 10.3 Å². The Labute approximate surface area is 167 Å². The van der Waals surface area contributed by atoms with Crippen molar-refractivity contribution in [2.75, 3.05) is 20.3 Å². The summed E-state index contributed by atoms with van der Waals surface area (Å²) in [6.45, 7) is 2.56. The predicted molar refractivity (Wildman–Crippen MR) is 107 cm³/mol. The quantitative estimate of drug-likeness (QED) is 0.342. The lowest BCUT2D eigenvalue weighted by molar-refractivity contribution is -0.384. The molecule has 2 aromatic carbocycles. The van der Waals surface area contributed by atoms with Crippen molar-refractivity contribution in [3.05, 3.63) is 75.2 Å². The number of amides is 1. The molecule has 8 heteroatoms. The number of hydrogen-bond donors (Lipinski definition) is 2. The molecule has 0 aliphatic carbocycles. The largest absolute Gasteiger partial charge is 0.383 e. The molecule has 1 atom stereocenters. The Bertz CT molecular complexity index is 1050. The Hall–Kier alpha value is -3.26. The monoisotopic (exact) mass is 399 g/mol. The highest BCUT2D eigenvalue weighted by Gasteiger charge is 2.25. The Balaban J connectivity index is 2.06. The van der Waals surface area contributed by atoms with Crippen LogP contribution in [0.25, 0.3) is 10.9 Å². The average Bonchev–Trinajstić information content (AvgIpc) is 3.11. The number of nitrogens with one attached hydrogen (secondary N) is 2. The molecule has 152 valence electrons. The van der Waals surface area contributed by atoms with E-state index in [0.717, 1.165) is 5.56 Å². The van der Waals surface area contributed by atoms with Crippen LogP contribution in [-0.2, 0) is 9.53 Å². The third-order valence-electron chi connectivity index (χ3n) is 4.83. The molecule has 0 saturated carbocycles. The highest BCUT2D eigenvalue weighted by atomic mass is 19.1. The number of fused-ring (bicyclic) bond motifs is 1. The van der Waals surface area contributed by atoms with Crippen molar-refractivity contribution in [3.63, 3.8) is 0 Å². The summed E-state index contributed by atoms with van der Waals surface area (Å²) in [6, 6.07) is 9.21. The summed E-state index contributed by atoms with van der Waals surface area (Å²) in [4.78, 5) is 26.3. The zero-order valence-electron chi connectivity index (χ0n) is 16.2. The van der Waals surface area contributed by atoms with Gasteiger partial charge in [-0.2, -0.15) is 0 Å². The number of aromatic amines is 1. The third-order valence-corrected chi connectivity index (χ3v) is 4.83.